The molecule has 0 aromatic heterocycles. The molecule has 1 N–H and O–H groups in total. The number of halogens is 3. The van der Waals surface area contributed by atoms with Crippen LogP contribution < -0.4 is 5.32 Å². The van der Waals surface area contributed by atoms with Crippen molar-refractivity contribution in [1.82, 2.24) is 0 Å². The van der Waals surface area contributed by atoms with Crippen LogP contribution in [-0.4, -0.2) is 6.04 Å². The average molecular weight is 248 g/mol. The fourth-order valence-electron chi connectivity index (χ4n) is 1.40. The number of hydrogen-bond acceptors (Lipinski definition) is 1. The topological polar surface area (TPSA) is 12.0 Å². The Bertz CT molecular complexity index is 345. The third-order valence-electron chi connectivity index (χ3n) is 2.88. The van der Waals surface area contributed by atoms with E-state index in [1.807, 2.05) is 6.92 Å². The Morgan fingerprint density at radius 3 is 2.44 bits per heavy atom. The van der Waals surface area contributed by atoms with Crippen LogP contribution in [0.5, 0.6) is 0 Å². The number of rotatable bonds is 4. The first kappa shape index (κ1) is 13.2. The van der Waals surface area contributed by atoms with Crippen molar-refractivity contribution in [2.45, 2.75) is 33.2 Å². The van der Waals surface area contributed by atoms with Crippen LogP contribution in [0.1, 0.15) is 27.2 Å². The van der Waals surface area contributed by atoms with Crippen LogP contribution in [-0.2, 0) is 0 Å². The molecule has 4 heteroatoms. The van der Waals surface area contributed by atoms with E-state index in [4.69, 9.17) is 11.6 Å². The standard InChI is InChI=1S/C12H16ClF2N/c1-4-7(2)8(3)16-12-10(13)5-9(14)6-11(12)15/h5-8,16H,4H2,1-3H3. The van der Waals surface area contributed by atoms with Gasteiger partial charge in [0.15, 0.2) is 5.82 Å². The van der Waals surface area contributed by atoms with Crippen molar-refractivity contribution in [1.29, 1.82) is 0 Å². The summed E-state index contributed by atoms with van der Waals surface area (Å²) in [6, 6.07) is 2.02. The molecule has 0 saturated carbocycles. The molecule has 0 aliphatic carbocycles. The van der Waals surface area contributed by atoms with Crippen LogP contribution in [0.25, 0.3) is 0 Å². The Labute approximate surface area is 99.8 Å². The third kappa shape index (κ3) is 3.08. The van der Waals surface area contributed by atoms with Gasteiger partial charge in [0.05, 0.1) is 10.7 Å². The minimum Gasteiger partial charge on any atom is -0.379 e. The van der Waals surface area contributed by atoms with Gasteiger partial charge >= 0.3 is 0 Å². The molecule has 0 heterocycles. The molecule has 0 radical (unpaired) electrons. The molecule has 0 fully saturated rings. The summed E-state index contributed by atoms with van der Waals surface area (Å²) in [5.74, 6) is -0.926. The lowest BCUT2D eigenvalue weighted by Crippen LogP contribution is -2.24. The second kappa shape index (κ2) is 5.48. The van der Waals surface area contributed by atoms with Gasteiger partial charge in [-0.1, -0.05) is 31.9 Å². The van der Waals surface area contributed by atoms with Crippen molar-refractivity contribution in [3.05, 3.63) is 28.8 Å². The molecule has 0 aliphatic heterocycles. The first-order valence-electron chi connectivity index (χ1n) is 5.36. The van der Waals surface area contributed by atoms with Crippen molar-refractivity contribution in [3.8, 4) is 0 Å². The Balaban J connectivity index is 2.89. The van der Waals surface area contributed by atoms with Gasteiger partial charge in [-0.15, -0.1) is 0 Å². The molecule has 90 valence electrons. The predicted molar refractivity (Wildman–Crippen MR) is 63.9 cm³/mol. The summed E-state index contributed by atoms with van der Waals surface area (Å²) < 4.78 is 26.3. The summed E-state index contributed by atoms with van der Waals surface area (Å²) in [7, 11) is 0. The fraction of sp³-hybridized carbons (Fsp3) is 0.500. The number of hydrogen-bond donors (Lipinski definition) is 1. The van der Waals surface area contributed by atoms with Crippen molar-refractivity contribution < 1.29 is 8.78 Å². The van der Waals surface area contributed by atoms with Gasteiger partial charge in [0, 0.05) is 12.1 Å². The Morgan fingerprint density at radius 2 is 1.94 bits per heavy atom. The molecule has 0 amide bonds. The molecule has 2 atom stereocenters. The van der Waals surface area contributed by atoms with E-state index in [-0.39, 0.29) is 16.8 Å². The normalized spacial score (nSPS) is 14.6. The minimum atomic E-state index is -0.663. The van der Waals surface area contributed by atoms with Gasteiger partial charge in [-0.3, -0.25) is 0 Å². The Hall–Kier alpha value is -0.830. The zero-order valence-electron chi connectivity index (χ0n) is 9.65. The average Bonchev–Trinajstić information content (AvgIpc) is 2.21. The van der Waals surface area contributed by atoms with Gasteiger partial charge in [0.2, 0.25) is 0 Å². The van der Waals surface area contributed by atoms with Crippen LogP contribution in [0.4, 0.5) is 14.5 Å². The van der Waals surface area contributed by atoms with Crippen LogP contribution in [0.3, 0.4) is 0 Å². The van der Waals surface area contributed by atoms with Crippen LogP contribution in [0.15, 0.2) is 12.1 Å². The molecule has 1 aromatic carbocycles. The summed E-state index contributed by atoms with van der Waals surface area (Å²) in [5.41, 5.74) is 0.177. The van der Waals surface area contributed by atoms with Gasteiger partial charge in [-0.2, -0.15) is 0 Å². The second-order valence-corrected chi connectivity index (χ2v) is 4.47. The second-order valence-electron chi connectivity index (χ2n) is 4.06. The summed E-state index contributed by atoms with van der Waals surface area (Å²) in [6.07, 6.45) is 0.981. The van der Waals surface area contributed by atoms with Gasteiger partial charge < -0.3 is 5.32 Å². The molecule has 0 bridgehead atoms. The van der Waals surface area contributed by atoms with E-state index in [1.165, 1.54) is 0 Å². The first-order valence-corrected chi connectivity index (χ1v) is 5.74. The van der Waals surface area contributed by atoms with E-state index in [9.17, 15) is 8.78 Å². The molecule has 2 unspecified atom stereocenters. The van der Waals surface area contributed by atoms with Crippen molar-refractivity contribution in [2.75, 3.05) is 5.32 Å². The van der Waals surface area contributed by atoms with Crippen molar-refractivity contribution >= 4 is 17.3 Å². The van der Waals surface area contributed by atoms with Gasteiger partial charge in [0.25, 0.3) is 0 Å². The van der Waals surface area contributed by atoms with E-state index >= 15 is 0 Å². The summed E-state index contributed by atoms with van der Waals surface area (Å²) in [4.78, 5) is 0. The van der Waals surface area contributed by atoms with Crippen LogP contribution in [0.2, 0.25) is 5.02 Å². The zero-order valence-corrected chi connectivity index (χ0v) is 10.4. The highest BCUT2D eigenvalue weighted by atomic mass is 35.5. The minimum absolute atomic E-state index is 0.0765. The number of nitrogens with one attached hydrogen (secondary N) is 1. The Morgan fingerprint density at radius 1 is 1.31 bits per heavy atom. The molecule has 0 aliphatic rings. The molecule has 1 nitrogen and oxygen atoms in total. The lowest BCUT2D eigenvalue weighted by atomic mass is 10.0. The van der Waals surface area contributed by atoms with E-state index in [0.717, 1.165) is 18.6 Å². The molecular weight excluding hydrogens is 232 g/mol. The quantitative estimate of drug-likeness (QED) is 0.828. The molecule has 1 rings (SSSR count). The maximum atomic E-state index is 13.5. The van der Waals surface area contributed by atoms with E-state index in [0.29, 0.717) is 5.92 Å². The summed E-state index contributed by atoms with van der Waals surface area (Å²) >= 11 is 5.78. The SMILES string of the molecule is CCC(C)C(C)Nc1c(F)cc(F)cc1Cl. The molecular formula is C12H16ClF2N. The van der Waals surface area contributed by atoms with Crippen molar-refractivity contribution in [3.63, 3.8) is 0 Å². The van der Waals surface area contributed by atoms with E-state index in [1.54, 1.807) is 0 Å². The van der Waals surface area contributed by atoms with Gasteiger partial charge in [-0.05, 0) is 18.9 Å². The first-order chi connectivity index (χ1) is 7.45. The Kier molecular flexibility index (Phi) is 4.54. The number of benzene rings is 1. The van der Waals surface area contributed by atoms with Crippen molar-refractivity contribution in [2.24, 2.45) is 5.92 Å². The lowest BCUT2D eigenvalue weighted by Gasteiger charge is -2.22. The van der Waals surface area contributed by atoms with Gasteiger partial charge in [-0.25, -0.2) is 8.78 Å². The third-order valence-corrected chi connectivity index (χ3v) is 3.17. The zero-order chi connectivity index (χ0) is 12.3. The maximum absolute atomic E-state index is 13.5. The lowest BCUT2D eigenvalue weighted by molar-refractivity contribution is 0.491. The van der Waals surface area contributed by atoms with Gasteiger partial charge in [0.1, 0.15) is 5.82 Å². The van der Waals surface area contributed by atoms with Crippen LogP contribution in [0, 0.1) is 17.6 Å². The predicted octanol–water partition coefficient (Wildman–Crippen LogP) is 4.46. The van der Waals surface area contributed by atoms with E-state index in [2.05, 4.69) is 19.2 Å². The maximum Gasteiger partial charge on any atom is 0.150 e. The summed E-state index contributed by atoms with van der Waals surface area (Å²) in [6.45, 7) is 6.08. The van der Waals surface area contributed by atoms with Crippen LogP contribution >= 0.6 is 11.6 Å². The molecule has 16 heavy (non-hydrogen) atoms. The smallest absolute Gasteiger partial charge is 0.150 e. The highest BCUT2D eigenvalue weighted by Crippen LogP contribution is 2.28. The monoisotopic (exact) mass is 247 g/mol. The fourth-order valence-corrected chi connectivity index (χ4v) is 1.65. The molecule has 1 aromatic rings. The van der Waals surface area contributed by atoms with E-state index < -0.39 is 11.6 Å². The molecule has 0 saturated heterocycles. The molecule has 0 spiro atoms. The highest BCUT2D eigenvalue weighted by Gasteiger charge is 2.15. The number of anilines is 1. The highest BCUT2D eigenvalue weighted by molar-refractivity contribution is 6.33. The largest absolute Gasteiger partial charge is 0.379 e. The summed E-state index contributed by atoms with van der Waals surface area (Å²) in [5, 5.41) is 3.06.